The van der Waals surface area contributed by atoms with Crippen molar-refractivity contribution in [3.05, 3.63) is 16.4 Å². The minimum Gasteiger partial charge on any atom is -0.374 e. The second kappa shape index (κ2) is 7.02. The Labute approximate surface area is 129 Å². The fourth-order valence-corrected chi connectivity index (χ4v) is 3.34. The highest BCUT2D eigenvalue weighted by Crippen LogP contribution is 2.28. The second-order valence-electron chi connectivity index (χ2n) is 5.46. The van der Waals surface area contributed by atoms with Crippen LogP contribution >= 0.6 is 15.9 Å². The molecule has 6 heteroatoms. The molecule has 114 valence electrons. The van der Waals surface area contributed by atoms with E-state index in [1.807, 2.05) is 17.9 Å². The van der Waals surface area contributed by atoms with Crippen molar-refractivity contribution >= 4 is 15.9 Å². The average molecular weight is 345 g/mol. The topological polar surface area (TPSA) is 42.3 Å². The van der Waals surface area contributed by atoms with Crippen LogP contribution in [0.1, 0.15) is 32.5 Å². The number of aryl methyl sites for hydroxylation is 1. The van der Waals surface area contributed by atoms with Crippen molar-refractivity contribution in [2.24, 2.45) is 0 Å². The molecule has 5 nitrogen and oxygen atoms in total. The van der Waals surface area contributed by atoms with Crippen LogP contribution in [0.2, 0.25) is 0 Å². The molecule has 2 heterocycles. The summed E-state index contributed by atoms with van der Waals surface area (Å²) in [6, 6.07) is 0.701. The Balaban J connectivity index is 2.21. The summed E-state index contributed by atoms with van der Waals surface area (Å²) in [4.78, 5) is 2.47. The number of aromatic nitrogens is 2. The highest BCUT2D eigenvalue weighted by atomic mass is 79.9. The van der Waals surface area contributed by atoms with Gasteiger partial charge in [0.2, 0.25) is 0 Å². The molecule has 0 saturated carbocycles. The van der Waals surface area contributed by atoms with Crippen LogP contribution in [0.25, 0.3) is 0 Å². The van der Waals surface area contributed by atoms with Crippen molar-refractivity contribution in [2.45, 2.75) is 45.5 Å². The zero-order valence-electron chi connectivity index (χ0n) is 12.8. The highest BCUT2D eigenvalue weighted by molar-refractivity contribution is 9.10. The predicted octanol–water partition coefficient (Wildman–Crippen LogP) is 2.04. The van der Waals surface area contributed by atoms with Crippen molar-refractivity contribution in [2.75, 3.05) is 26.7 Å². The molecule has 2 rings (SSSR count). The lowest BCUT2D eigenvalue weighted by atomic mass is 10.0. The number of rotatable bonds is 5. The molecule has 0 bridgehead atoms. The molecular weight excluding hydrogens is 320 g/mol. The van der Waals surface area contributed by atoms with Crippen LogP contribution in [0.4, 0.5) is 0 Å². The summed E-state index contributed by atoms with van der Waals surface area (Å²) >= 11 is 3.62. The van der Waals surface area contributed by atoms with E-state index in [0.29, 0.717) is 6.04 Å². The van der Waals surface area contributed by atoms with Crippen LogP contribution in [0.3, 0.4) is 0 Å². The summed E-state index contributed by atoms with van der Waals surface area (Å²) in [5.74, 6) is 0. The van der Waals surface area contributed by atoms with Crippen molar-refractivity contribution in [1.29, 1.82) is 0 Å². The minimum absolute atomic E-state index is 0.147. The average Bonchev–Trinajstić information content (AvgIpc) is 2.82. The maximum Gasteiger partial charge on any atom is 0.0912 e. The van der Waals surface area contributed by atoms with Crippen molar-refractivity contribution in [3.63, 3.8) is 0 Å². The van der Waals surface area contributed by atoms with Crippen molar-refractivity contribution < 1.29 is 4.74 Å². The number of likely N-dealkylation sites (N-methyl/N-ethyl adjacent to an activating group) is 1. The summed E-state index contributed by atoms with van der Waals surface area (Å²) in [6.07, 6.45) is 2.01. The minimum atomic E-state index is 0.147. The first-order valence-electron chi connectivity index (χ1n) is 7.32. The summed E-state index contributed by atoms with van der Waals surface area (Å²) in [5, 5.41) is 7.82. The van der Waals surface area contributed by atoms with E-state index in [2.05, 4.69) is 52.0 Å². The lowest BCUT2D eigenvalue weighted by Gasteiger charge is -2.39. The molecule has 1 N–H and O–H groups in total. The summed E-state index contributed by atoms with van der Waals surface area (Å²) in [7, 11) is 1.99. The number of ether oxygens (including phenoxy) is 1. The lowest BCUT2D eigenvalue weighted by molar-refractivity contribution is -0.0563. The molecule has 2 unspecified atom stereocenters. The number of nitrogens with zero attached hydrogens (tertiary/aromatic N) is 3. The lowest BCUT2D eigenvalue weighted by Crippen LogP contribution is -2.50. The Kier molecular flexibility index (Phi) is 5.60. The maximum atomic E-state index is 6.02. The van der Waals surface area contributed by atoms with Gasteiger partial charge < -0.3 is 10.1 Å². The highest BCUT2D eigenvalue weighted by Gasteiger charge is 2.32. The van der Waals surface area contributed by atoms with Gasteiger partial charge in [0.15, 0.2) is 0 Å². The SMILES string of the molecule is CCn1ncc(Br)c1C(NC)C1CN(C(C)C)CCO1. The molecule has 2 atom stereocenters. The van der Waals surface area contributed by atoms with E-state index in [0.717, 1.165) is 30.7 Å². The van der Waals surface area contributed by atoms with Gasteiger partial charge in [0.05, 0.1) is 35.1 Å². The van der Waals surface area contributed by atoms with Gasteiger partial charge in [-0.2, -0.15) is 5.10 Å². The molecule has 1 aliphatic heterocycles. The van der Waals surface area contributed by atoms with Gasteiger partial charge in [-0.15, -0.1) is 0 Å². The van der Waals surface area contributed by atoms with E-state index in [9.17, 15) is 0 Å². The smallest absolute Gasteiger partial charge is 0.0912 e. The van der Waals surface area contributed by atoms with Crippen LogP contribution in [0.5, 0.6) is 0 Å². The van der Waals surface area contributed by atoms with Gasteiger partial charge >= 0.3 is 0 Å². The number of morpholine rings is 1. The molecule has 0 aromatic carbocycles. The Morgan fingerprint density at radius 2 is 2.30 bits per heavy atom. The van der Waals surface area contributed by atoms with Crippen molar-refractivity contribution in [1.82, 2.24) is 20.0 Å². The van der Waals surface area contributed by atoms with Gasteiger partial charge in [-0.1, -0.05) is 0 Å². The quantitative estimate of drug-likeness (QED) is 0.887. The molecule has 0 radical (unpaired) electrons. The Bertz CT molecular complexity index is 435. The molecule has 1 aromatic heterocycles. The van der Waals surface area contributed by atoms with E-state index < -0.39 is 0 Å². The molecule has 1 aliphatic rings. The maximum absolute atomic E-state index is 6.02. The third-order valence-electron chi connectivity index (χ3n) is 3.97. The molecule has 1 aromatic rings. The van der Waals surface area contributed by atoms with Gasteiger partial charge in [0, 0.05) is 25.7 Å². The Morgan fingerprint density at radius 1 is 1.55 bits per heavy atom. The summed E-state index contributed by atoms with van der Waals surface area (Å²) < 4.78 is 9.10. The van der Waals surface area contributed by atoms with E-state index in [4.69, 9.17) is 4.74 Å². The van der Waals surface area contributed by atoms with Gasteiger partial charge in [-0.25, -0.2) is 0 Å². The number of halogens is 1. The zero-order chi connectivity index (χ0) is 14.7. The molecule has 0 amide bonds. The van der Waals surface area contributed by atoms with Crippen LogP contribution in [0, 0.1) is 0 Å². The summed E-state index contributed by atoms with van der Waals surface area (Å²) in [6.45, 7) is 10.2. The fourth-order valence-electron chi connectivity index (χ4n) is 2.80. The van der Waals surface area contributed by atoms with Crippen molar-refractivity contribution in [3.8, 4) is 0 Å². The molecule has 0 aliphatic carbocycles. The molecular formula is C14H25BrN4O. The first kappa shape index (κ1) is 15.9. The van der Waals surface area contributed by atoms with E-state index >= 15 is 0 Å². The van der Waals surface area contributed by atoms with E-state index in [1.54, 1.807) is 0 Å². The number of hydrogen-bond acceptors (Lipinski definition) is 4. The first-order valence-corrected chi connectivity index (χ1v) is 8.11. The van der Waals surface area contributed by atoms with Crippen LogP contribution < -0.4 is 5.32 Å². The Hall–Kier alpha value is -0.430. The second-order valence-corrected chi connectivity index (χ2v) is 6.31. The van der Waals surface area contributed by atoms with Crippen LogP contribution in [-0.4, -0.2) is 53.6 Å². The van der Waals surface area contributed by atoms with E-state index in [-0.39, 0.29) is 12.1 Å². The summed E-state index contributed by atoms with van der Waals surface area (Å²) in [5.41, 5.74) is 1.17. The number of hydrogen-bond donors (Lipinski definition) is 1. The first-order chi connectivity index (χ1) is 9.58. The largest absolute Gasteiger partial charge is 0.374 e. The molecule has 0 spiro atoms. The monoisotopic (exact) mass is 344 g/mol. The van der Waals surface area contributed by atoms with Gasteiger partial charge in [0.1, 0.15) is 0 Å². The van der Waals surface area contributed by atoms with Gasteiger partial charge in [-0.05, 0) is 43.7 Å². The van der Waals surface area contributed by atoms with E-state index in [1.165, 1.54) is 5.69 Å². The third-order valence-corrected chi connectivity index (χ3v) is 4.58. The molecule has 1 fully saturated rings. The normalized spacial score (nSPS) is 22.4. The zero-order valence-corrected chi connectivity index (χ0v) is 14.4. The predicted molar refractivity (Wildman–Crippen MR) is 83.9 cm³/mol. The van der Waals surface area contributed by atoms with Gasteiger partial charge in [0.25, 0.3) is 0 Å². The third kappa shape index (κ3) is 3.24. The van der Waals surface area contributed by atoms with Crippen LogP contribution in [-0.2, 0) is 11.3 Å². The Morgan fingerprint density at radius 3 is 2.90 bits per heavy atom. The fraction of sp³-hybridized carbons (Fsp3) is 0.786. The van der Waals surface area contributed by atoms with Gasteiger partial charge in [-0.3, -0.25) is 9.58 Å². The number of nitrogens with one attached hydrogen (secondary N) is 1. The standard InChI is InChI=1S/C14H25BrN4O/c1-5-19-14(11(15)8-17-19)13(16-4)12-9-18(10(2)3)6-7-20-12/h8,10,12-13,16H,5-7,9H2,1-4H3. The molecule has 20 heavy (non-hydrogen) atoms. The molecule has 1 saturated heterocycles. The van der Waals surface area contributed by atoms with Crippen LogP contribution in [0.15, 0.2) is 10.7 Å².